The number of halogens is 1. The van der Waals surface area contributed by atoms with Gasteiger partial charge in [0.2, 0.25) is 5.95 Å². The van der Waals surface area contributed by atoms with Gasteiger partial charge < -0.3 is 5.73 Å². The minimum atomic E-state index is -0.296. The lowest BCUT2D eigenvalue weighted by Crippen LogP contribution is -2.01. The van der Waals surface area contributed by atoms with E-state index in [0.29, 0.717) is 17.0 Å². The van der Waals surface area contributed by atoms with E-state index in [4.69, 9.17) is 5.73 Å². The maximum atomic E-state index is 13.4. The summed E-state index contributed by atoms with van der Waals surface area (Å²) in [5.74, 6) is 0.0670. The van der Waals surface area contributed by atoms with Crippen LogP contribution in [0.4, 0.5) is 10.3 Å². The maximum Gasteiger partial charge on any atom is 0.205 e. The first-order valence-electron chi connectivity index (χ1n) is 5.77. The van der Waals surface area contributed by atoms with Gasteiger partial charge in [0.1, 0.15) is 5.82 Å². The third kappa shape index (κ3) is 1.96. The molecule has 0 bridgehead atoms. The summed E-state index contributed by atoms with van der Waals surface area (Å²) < 4.78 is 15.2. The van der Waals surface area contributed by atoms with Gasteiger partial charge in [0.05, 0.1) is 16.7 Å². The van der Waals surface area contributed by atoms with Crippen molar-refractivity contribution in [3.8, 4) is 5.69 Å². The lowest BCUT2D eigenvalue weighted by molar-refractivity contribution is 0.629. The molecule has 0 aliphatic rings. The molecule has 0 amide bonds. The molecule has 0 saturated heterocycles. The Labute approximate surface area is 114 Å². The van der Waals surface area contributed by atoms with Gasteiger partial charge in [-0.3, -0.25) is 4.57 Å². The summed E-state index contributed by atoms with van der Waals surface area (Å²) in [5.41, 5.74) is 8.27. The quantitative estimate of drug-likeness (QED) is 0.727. The number of hydrogen-bond donors (Lipinski definition) is 1. The number of nitrogens with two attached hydrogens (primary N) is 1. The van der Waals surface area contributed by atoms with Crippen molar-refractivity contribution < 1.29 is 4.39 Å². The predicted octanol–water partition coefficient (Wildman–Crippen LogP) is 3.47. The highest BCUT2D eigenvalue weighted by atomic mass is 32.2. The minimum absolute atomic E-state index is 0.296. The van der Waals surface area contributed by atoms with Gasteiger partial charge in [0, 0.05) is 11.0 Å². The molecule has 0 aliphatic carbocycles. The lowest BCUT2D eigenvalue weighted by Gasteiger charge is -2.10. The molecular weight excluding hydrogens is 261 g/mol. The highest BCUT2D eigenvalue weighted by molar-refractivity contribution is 7.98. The summed E-state index contributed by atoms with van der Waals surface area (Å²) in [6.07, 6.45) is 1.99. The fourth-order valence-electron chi connectivity index (χ4n) is 2.13. The zero-order valence-electron chi connectivity index (χ0n) is 10.3. The van der Waals surface area contributed by atoms with E-state index in [2.05, 4.69) is 4.98 Å². The number of nitrogen functional groups attached to an aromatic ring is 1. The van der Waals surface area contributed by atoms with Crippen molar-refractivity contribution in [2.45, 2.75) is 4.90 Å². The van der Waals surface area contributed by atoms with Crippen molar-refractivity contribution in [3.05, 3.63) is 48.3 Å². The van der Waals surface area contributed by atoms with Crippen LogP contribution in [0.15, 0.2) is 47.4 Å². The van der Waals surface area contributed by atoms with Crippen LogP contribution in [0, 0.1) is 5.82 Å². The van der Waals surface area contributed by atoms with Crippen LogP contribution in [-0.4, -0.2) is 15.8 Å². The SMILES string of the molecule is CSc1ccccc1-n1c(N)nc2ccc(F)cc21. The van der Waals surface area contributed by atoms with Crippen molar-refractivity contribution >= 4 is 28.7 Å². The van der Waals surface area contributed by atoms with Crippen molar-refractivity contribution in [2.75, 3.05) is 12.0 Å². The second kappa shape index (κ2) is 4.59. The third-order valence-electron chi connectivity index (χ3n) is 2.97. The van der Waals surface area contributed by atoms with Gasteiger partial charge in [-0.1, -0.05) is 12.1 Å². The molecule has 19 heavy (non-hydrogen) atoms. The molecule has 1 aromatic heterocycles. The zero-order chi connectivity index (χ0) is 13.4. The second-order valence-corrected chi connectivity index (χ2v) is 4.96. The largest absolute Gasteiger partial charge is 0.369 e. The highest BCUT2D eigenvalue weighted by Crippen LogP contribution is 2.29. The van der Waals surface area contributed by atoms with Crippen molar-refractivity contribution in [1.82, 2.24) is 9.55 Å². The van der Waals surface area contributed by atoms with Crippen LogP contribution in [-0.2, 0) is 0 Å². The average molecular weight is 273 g/mol. The van der Waals surface area contributed by atoms with E-state index < -0.39 is 0 Å². The van der Waals surface area contributed by atoms with Gasteiger partial charge in [-0.15, -0.1) is 11.8 Å². The lowest BCUT2D eigenvalue weighted by atomic mass is 10.2. The Morgan fingerprint density at radius 2 is 2.00 bits per heavy atom. The van der Waals surface area contributed by atoms with Crippen molar-refractivity contribution in [3.63, 3.8) is 0 Å². The number of rotatable bonds is 2. The van der Waals surface area contributed by atoms with Gasteiger partial charge in [-0.2, -0.15) is 0 Å². The standard InChI is InChI=1S/C14H12FN3S/c1-19-13-5-3-2-4-11(13)18-12-8-9(15)6-7-10(12)17-14(18)16/h2-8H,1H3,(H2,16,17). The number of imidazole rings is 1. The average Bonchev–Trinajstić information content (AvgIpc) is 2.74. The van der Waals surface area contributed by atoms with Crippen LogP contribution in [0.1, 0.15) is 0 Å². The van der Waals surface area contributed by atoms with Crippen LogP contribution < -0.4 is 5.73 Å². The van der Waals surface area contributed by atoms with Gasteiger partial charge in [0.15, 0.2) is 0 Å². The number of fused-ring (bicyclic) bond motifs is 1. The van der Waals surface area contributed by atoms with Crippen LogP contribution in [0.3, 0.4) is 0 Å². The molecular formula is C14H12FN3S. The summed E-state index contributed by atoms with van der Waals surface area (Å²) in [4.78, 5) is 5.34. The fourth-order valence-corrected chi connectivity index (χ4v) is 2.72. The Hall–Kier alpha value is -2.01. The molecule has 1 heterocycles. The van der Waals surface area contributed by atoms with E-state index in [1.807, 2.05) is 30.5 Å². The monoisotopic (exact) mass is 273 g/mol. The first-order chi connectivity index (χ1) is 9.20. The fraction of sp³-hybridized carbons (Fsp3) is 0.0714. The maximum absolute atomic E-state index is 13.4. The third-order valence-corrected chi connectivity index (χ3v) is 3.75. The Morgan fingerprint density at radius 3 is 2.79 bits per heavy atom. The van der Waals surface area contributed by atoms with Gasteiger partial charge in [-0.05, 0) is 30.5 Å². The summed E-state index contributed by atoms with van der Waals surface area (Å²) >= 11 is 1.62. The molecule has 5 heteroatoms. The van der Waals surface area contributed by atoms with Gasteiger partial charge >= 0.3 is 0 Å². The smallest absolute Gasteiger partial charge is 0.205 e. The number of anilines is 1. The number of benzene rings is 2. The van der Waals surface area contributed by atoms with E-state index in [0.717, 1.165) is 10.6 Å². The normalized spacial score (nSPS) is 11.1. The summed E-state index contributed by atoms with van der Waals surface area (Å²) in [7, 11) is 0. The molecule has 96 valence electrons. The van der Waals surface area contributed by atoms with E-state index in [9.17, 15) is 4.39 Å². The Morgan fingerprint density at radius 1 is 1.21 bits per heavy atom. The van der Waals surface area contributed by atoms with Crippen molar-refractivity contribution in [1.29, 1.82) is 0 Å². The van der Waals surface area contributed by atoms with E-state index in [1.165, 1.54) is 12.1 Å². The molecule has 3 rings (SSSR count). The zero-order valence-corrected chi connectivity index (χ0v) is 11.1. The van der Waals surface area contributed by atoms with Crippen LogP contribution in [0.2, 0.25) is 0 Å². The summed E-state index contributed by atoms with van der Waals surface area (Å²) in [6, 6.07) is 12.3. The number of nitrogens with zero attached hydrogens (tertiary/aromatic N) is 2. The molecule has 0 atom stereocenters. The van der Waals surface area contributed by atoms with Crippen molar-refractivity contribution in [2.24, 2.45) is 0 Å². The molecule has 2 aromatic carbocycles. The Kier molecular flexibility index (Phi) is 2.91. The molecule has 0 fully saturated rings. The molecule has 3 nitrogen and oxygen atoms in total. The summed E-state index contributed by atoms with van der Waals surface area (Å²) in [5, 5.41) is 0. The molecule has 0 unspecified atom stereocenters. The first-order valence-corrected chi connectivity index (χ1v) is 7.00. The minimum Gasteiger partial charge on any atom is -0.369 e. The number of thioether (sulfide) groups is 1. The topological polar surface area (TPSA) is 43.8 Å². The Bertz CT molecular complexity index is 752. The molecule has 0 spiro atoms. The molecule has 0 saturated carbocycles. The molecule has 3 aromatic rings. The van der Waals surface area contributed by atoms with E-state index >= 15 is 0 Å². The first kappa shape index (κ1) is 12.0. The number of para-hydroxylation sites is 1. The van der Waals surface area contributed by atoms with Gasteiger partial charge in [0.25, 0.3) is 0 Å². The molecule has 0 aliphatic heterocycles. The summed E-state index contributed by atoms with van der Waals surface area (Å²) in [6.45, 7) is 0. The van der Waals surface area contributed by atoms with Gasteiger partial charge in [-0.25, -0.2) is 9.37 Å². The van der Waals surface area contributed by atoms with E-state index in [1.54, 1.807) is 22.4 Å². The van der Waals surface area contributed by atoms with Crippen LogP contribution in [0.25, 0.3) is 16.7 Å². The molecule has 2 N–H and O–H groups in total. The van der Waals surface area contributed by atoms with Crippen LogP contribution >= 0.6 is 11.8 Å². The van der Waals surface area contributed by atoms with Crippen LogP contribution in [0.5, 0.6) is 0 Å². The number of hydrogen-bond acceptors (Lipinski definition) is 3. The second-order valence-electron chi connectivity index (χ2n) is 4.11. The molecule has 0 radical (unpaired) electrons. The number of aromatic nitrogens is 2. The predicted molar refractivity (Wildman–Crippen MR) is 77.2 cm³/mol. The highest BCUT2D eigenvalue weighted by Gasteiger charge is 2.13. The van der Waals surface area contributed by atoms with E-state index in [-0.39, 0.29) is 5.82 Å². The Balaban J connectivity index is 2.35.